The van der Waals surface area contributed by atoms with Crippen molar-refractivity contribution in [2.24, 2.45) is 0 Å². The molecule has 1 aliphatic heterocycles. The second-order valence-corrected chi connectivity index (χ2v) is 5.07. The Labute approximate surface area is 106 Å². The Morgan fingerprint density at radius 3 is 2.12 bits per heavy atom. The molecule has 0 atom stereocenters. The lowest BCUT2D eigenvalue weighted by molar-refractivity contribution is -0.113. The van der Waals surface area contributed by atoms with Gasteiger partial charge in [0.05, 0.1) is 6.54 Å². The van der Waals surface area contributed by atoms with Crippen LogP contribution in [0.2, 0.25) is 0 Å². The van der Waals surface area contributed by atoms with Gasteiger partial charge in [-0.2, -0.15) is 0 Å². The molecule has 0 aliphatic carbocycles. The molecule has 0 unspecified atom stereocenters. The molecule has 0 bridgehead atoms. The fraction of sp³-hybridized carbons (Fsp3) is 0.800. The van der Waals surface area contributed by atoms with Gasteiger partial charge < -0.3 is 5.32 Å². The molecule has 0 aromatic heterocycles. The van der Waals surface area contributed by atoms with Gasteiger partial charge in [0, 0.05) is 11.8 Å². The predicted octanol–water partition coefficient (Wildman–Crippen LogP) is 3.96. The summed E-state index contributed by atoms with van der Waals surface area (Å²) in [7, 11) is 0. The van der Waals surface area contributed by atoms with Crippen molar-refractivity contribution in [3.05, 3.63) is 11.8 Å². The van der Waals surface area contributed by atoms with E-state index in [0.29, 0.717) is 6.54 Å². The highest BCUT2D eigenvalue weighted by Gasteiger charge is 2.09. The summed E-state index contributed by atoms with van der Waals surface area (Å²) in [5.41, 5.74) is 1.15. The van der Waals surface area contributed by atoms with Crippen LogP contribution in [0.25, 0.3) is 0 Å². The Hall–Kier alpha value is -0.790. The second-order valence-electron chi connectivity index (χ2n) is 5.07. The number of carbonyl (C=O) groups excluding carboxylic acids is 1. The van der Waals surface area contributed by atoms with Crippen LogP contribution in [0, 0.1) is 0 Å². The predicted molar refractivity (Wildman–Crippen MR) is 72.9 cm³/mol. The Morgan fingerprint density at radius 2 is 1.59 bits per heavy atom. The molecule has 0 aromatic carbocycles. The van der Waals surface area contributed by atoms with Crippen LogP contribution in [0.3, 0.4) is 0 Å². The van der Waals surface area contributed by atoms with Crippen molar-refractivity contribution in [3.8, 4) is 0 Å². The third-order valence-corrected chi connectivity index (χ3v) is 3.37. The molecule has 0 amide bonds. The Balaban J connectivity index is 1.82. The summed E-state index contributed by atoms with van der Waals surface area (Å²) in [6, 6.07) is 0. The first kappa shape index (κ1) is 14.3. The highest BCUT2D eigenvalue weighted by atomic mass is 16.1. The van der Waals surface area contributed by atoms with E-state index in [2.05, 4.69) is 12.2 Å². The van der Waals surface area contributed by atoms with Gasteiger partial charge in [-0.3, -0.25) is 4.79 Å². The van der Waals surface area contributed by atoms with Crippen molar-refractivity contribution in [2.75, 3.05) is 6.54 Å². The summed E-state index contributed by atoms with van der Waals surface area (Å²) in [6.07, 6.45) is 15.1. The van der Waals surface area contributed by atoms with E-state index in [0.717, 1.165) is 12.1 Å². The van der Waals surface area contributed by atoms with Crippen LogP contribution in [0.1, 0.15) is 71.1 Å². The number of unbranched alkanes of at least 4 members (excludes halogenated alkanes) is 8. The fourth-order valence-corrected chi connectivity index (χ4v) is 2.28. The highest BCUT2D eigenvalue weighted by Crippen LogP contribution is 2.13. The van der Waals surface area contributed by atoms with E-state index in [1.165, 1.54) is 57.8 Å². The van der Waals surface area contributed by atoms with Gasteiger partial charge in [-0.1, -0.05) is 58.3 Å². The van der Waals surface area contributed by atoms with E-state index in [-0.39, 0.29) is 5.78 Å². The second kappa shape index (κ2) is 9.26. The van der Waals surface area contributed by atoms with Crippen LogP contribution in [-0.2, 0) is 4.79 Å². The first-order chi connectivity index (χ1) is 8.33. The normalized spacial score (nSPS) is 14.9. The largest absolute Gasteiger partial charge is 0.381 e. The minimum atomic E-state index is 0.232. The van der Waals surface area contributed by atoms with Crippen molar-refractivity contribution in [1.82, 2.24) is 5.32 Å². The minimum Gasteiger partial charge on any atom is -0.381 e. The van der Waals surface area contributed by atoms with Crippen molar-refractivity contribution >= 4 is 5.78 Å². The summed E-state index contributed by atoms with van der Waals surface area (Å²) in [6.45, 7) is 2.78. The summed E-state index contributed by atoms with van der Waals surface area (Å²) in [4.78, 5) is 11.0. The molecule has 1 aliphatic rings. The van der Waals surface area contributed by atoms with E-state index < -0.39 is 0 Å². The Kier molecular flexibility index (Phi) is 7.78. The maximum absolute atomic E-state index is 11.0. The molecule has 0 aromatic rings. The molecule has 1 heterocycles. The first-order valence-corrected chi connectivity index (χ1v) is 7.30. The lowest BCUT2D eigenvalue weighted by Crippen LogP contribution is -2.11. The van der Waals surface area contributed by atoms with Gasteiger partial charge in [0.15, 0.2) is 5.78 Å². The number of hydrogen-bond acceptors (Lipinski definition) is 2. The van der Waals surface area contributed by atoms with Gasteiger partial charge in [0.1, 0.15) is 0 Å². The number of carbonyl (C=O) groups is 1. The van der Waals surface area contributed by atoms with Gasteiger partial charge >= 0.3 is 0 Å². The van der Waals surface area contributed by atoms with E-state index >= 15 is 0 Å². The monoisotopic (exact) mass is 237 g/mol. The van der Waals surface area contributed by atoms with Crippen LogP contribution in [0.5, 0.6) is 0 Å². The summed E-state index contributed by atoms with van der Waals surface area (Å²) < 4.78 is 0. The molecule has 17 heavy (non-hydrogen) atoms. The molecule has 0 fully saturated rings. The van der Waals surface area contributed by atoms with Gasteiger partial charge in [0.2, 0.25) is 0 Å². The van der Waals surface area contributed by atoms with Crippen molar-refractivity contribution < 1.29 is 4.79 Å². The van der Waals surface area contributed by atoms with Crippen LogP contribution in [0.15, 0.2) is 11.8 Å². The van der Waals surface area contributed by atoms with E-state index in [1.54, 1.807) is 6.08 Å². The van der Waals surface area contributed by atoms with Gasteiger partial charge in [-0.25, -0.2) is 0 Å². The molecule has 2 heteroatoms. The third kappa shape index (κ3) is 7.19. The molecule has 0 radical (unpaired) electrons. The molecular weight excluding hydrogens is 210 g/mol. The minimum absolute atomic E-state index is 0.232. The zero-order chi connectivity index (χ0) is 12.3. The zero-order valence-electron chi connectivity index (χ0n) is 11.3. The number of ketones is 1. The smallest absolute Gasteiger partial charge is 0.176 e. The van der Waals surface area contributed by atoms with E-state index in [4.69, 9.17) is 0 Å². The molecule has 2 nitrogen and oxygen atoms in total. The maximum Gasteiger partial charge on any atom is 0.176 e. The zero-order valence-corrected chi connectivity index (χ0v) is 11.3. The lowest BCUT2D eigenvalue weighted by atomic mass is 10.1. The van der Waals surface area contributed by atoms with Gasteiger partial charge in [-0.15, -0.1) is 0 Å². The maximum atomic E-state index is 11.0. The standard InChI is InChI=1S/C15H27NO/c1-2-3-4-5-6-7-8-9-10-11-14-12-15(17)13-16-14/h12,16H,2-11,13H2,1H3. The van der Waals surface area contributed by atoms with Crippen molar-refractivity contribution in [2.45, 2.75) is 71.1 Å². The lowest BCUT2D eigenvalue weighted by Gasteiger charge is -2.03. The highest BCUT2D eigenvalue weighted by molar-refractivity contribution is 5.94. The Morgan fingerprint density at radius 1 is 1.00 bits per heavy atom. The molecular formula is C15H27NO. The summed E-state index contributed by atoms with van der Waals surface area (Å²) in [5, 5.41) is 3.14. The van der Waals surface area contributed by atoms with E-state index in [1.807, 2.05) is 0 Å². The average Bonchev–Trinajstić information content (AvgIpc) is 2.73. The van der Waals surface area contributed by atoms with Crippen molar-refractivity contribution in [3.63, 3.8) is 0 Å². The molecule has 1 rings (SSSR count). The number of allylic oxidation sites excluding steroid dienone is 1. The molecule has 0 spiro atoms. The molecule has 98 valence electrons. The summed E-state index contributed by atoms with van der Waals surface area (Å²) in [5.74, 6) is 0.232. The van der Waals surface area contributed by atoms with E-state index in [9.17, 15) is 4.79 Å². The number of hydrogen-bond donors (Lipinski definition) is 1. The molecule has 1 N–H and O–H groups in total. The Bertz CT molecular complexity index is 245. The summed E-state index contributed by atoms with van der Waals surface area (Å²) >= 11 is 0. The van der Waals surface area contributed by atoms with Gasteiger partial charge in [0.25, 0.3) is 0 Å². The number of nitrogens with one attached hydrogen (secondary N) is 1. The molecule has 0 saturated carbocycles. The number of rotatable bonds is 10. The topological polar surface area (TPSA) is 29.1 Å². The van der Waals surface area contributed by atoms with Gasteiger partial charge in [-0.05, 0) is 12.8 Å². The first-order valence-electron chi connectivity index (χ1n) is 7.30. The van der Waals surface area contributed by atoms with Crippen LogP contribution >= 0.6 is 0 Å². The van der Waals surface area contributed by atoms with Crippen LogP contribution in [-0.4, -0.2) is 12.3 Å². The quantitative estimate of drug-likeness (QED) is 0.583. The third-order valence-electron chi connectivity index (χ3n) is 3.37. The molecule has 0 saturated heterocycles. The van der Waals surface area contributed by atoms with Crippen molar-refractivity contribution in [1.29, 1.82) is 0 Å². The average molecular weight is 237 g/mol. The van der Waals surface area contributed by atoms with Crippen LogP contribution in [0.4, 0.5) is 0 Å². The fourth-order valence-electron chi connectivity index (χ4n) is 2.28. The van der Waals surface area contributed by atoms with Crippen LogP contribution < -0.4 is 5.32 Å². The SMILES string of the molecule is CCCCCCCCCCCC1=CC(=O)CN1.